The summed E-state index contributed by atoms with van der Waals surface area (Å²) in [6.45, 7) is 2.60. The third kappa shape index (κ3) is 3.31. The fraction of sp³-hybridized carbons (Fsp3) is 0.941. The molecule has 5 nitrogen and oxygen atoms in total. The highest BCUT2D eigenvalue weighted by atomic mass is 16.7. The first-order chi connectivity index (χ1) is 10.6. The normalized spacial score (nSPS) is 35.7. The van der Waals surface area contributed by atoms with E-state index in [1.54, 1.807) is 0 Å². The van der Waals surface area contributed by atoms with Gasteiger partial charge in [-0.3, -0.25) is 4.79 Å². The highest BCUT2D eigenvalue weighted by molar-refractivity contribution is 5.72. The second kappa shape index (κ2) is 6.85. The maximum Gasteiger partial charge on any atom is 0.306 e. The monoisotopic (exact) mass is 312 g/mol. The summed E-state index contributed by atoms with van der Waals surface area (Å²) in [5.41, 5.74) is 0. The van der Waals surface area contributed by atoms with Crippen LogP contribution in [0.3, 0.4) is 0 Å². The SMILES string of the molecule is CCCC[C@H](O)[C@@H]1OC(=O)C[C@H]1[C@H]1COC2(CCCCC2)O1. The van der Waals surface area contributed by atoms with E-state index in [-0.39, 0.29) is 18.0 Å². The van der Waals surface area contributed by atoms with Gasteiger partial charge in [0, 0.05) is 18.8 Å². The van der Waals surface area contributed by atoms with Crippen LogP contribution in [0.15, 0.2) is 0 Å². The third-order valence-corrected chi connectivity index (χ3v) is 5.29. The molecule has 4 atom stereocenters. The van der Waals surface area contributed by atoms with E-state index < -0.39 is 18.0 Å². The van der Waals surface area contributed by atoms with Crippen molar-refractivity contribution in [3.63, 3.8) is 0 Å². The molecule has 0 aromatic rings. The molecule has 2 aliphatic heterocycles. The first-order valence-electron chi connectivity index (χ1n) is 8.83. The Kier molecular flexibility index (Phi) is 5.05. The number of rotatable bonds is 5. The maximum absolute atomic E-state index is 11.7. The number of ether oxygens (including phenoxy) is 3. The van der Waals surface area contributed by atoms with E-state index in [1.807, 2.05) is 0 Å². The van der Waals surface area contributed by atoms with Crippen LogP contribution >= 0.6 is 0 Å². The standard InChI is InChI=1S/C17H28O5/c1-2-3-7-13(18)16-12(10-15(19)21-16)14-11-20-17(22-14)8-5-4-6-9-17/h12-14,16,18H,2-11H2,1H3/t12-,13-,14+,16+/m0/s1. The molecule has 126 valence electrons. The van der Waals surface area contributed by atoms with Crippen LogP contribution in [0.4, 0.5) is 0 Å². The van der Waals surface area contributed by atoms with Crippen molar-refractivity contribution < 1.29 is 24.1 Å². The molecule has 0 bridgehead atoms. The van der Waals surface area contributed by atoms with Crippen LogP contribution in [-0.2, 0) is 19.0 Å². The van der Waals surface area contributed by atoms with Gasteiger partial charge in [0.25, 0.3) is 0 Å². The Morgan fingerprint density at radius 2 is 2.09 bits per heavy atom. The molecule has 3 rings (SSSR count). The average Bonchev–Trinajstić information content (AvgIpc) is 3.10. The Hall–Kier alpha value is -0.650. The fourth-order valence-electron chi connectivity index (χ4n) is 4.02. The van der Waals surface area contributed by atoms with Gasteiger partial charge < -0.3 is 19.3 Å². The summed E-state index contributed by atoms with van der Waals surface area (Å²) >= 11 is 0. The molecule has 2 saturated heterocycles. The highest BCUT2D eigenvalue weighted by Crippen LogP contribution is 2.42. The molecule has 0 radical (unpaired) electrons. The van der Waals surface area contributed by atoms with E-state index in [4.69, 9.17) is 14.2 Å². The first kappa shape index (κ1) is 16.2. The van der Waals surface area contributed by atoms with Crippen LogP contribution in [-0.4, -0.2) is 41.8 Å². The molecule has 2 heterocycles. The van der Waals surface area contributed by atoms with E-state index in [9.17, 15) is 9.90 Å². The van der Waals surface area contributed by atoms with Gasteiger partial charge in [-0.05, 0) is 19.3 Å². The number of cyclic esters (lactones) is 1. The molecule has 22 heavy (non-hydrogen) atoms. The smallest absolute Gasteiger partial charge is 0.306 e. The Morgan fingerprint density at radius 1 is 1.32 bits per heavy atom. The van der Waals surface area contributed by atoms with Crippen molar-refractivity contribution in [2.75, 3.05) is 6.61 Å². The molecular formula is C17H28O5. The van der Waals surface area contributed by atoms with Gasteiger partial charge in [0.2, 0.25) is 0 Å². The number of hydrogen-bond donors (Lipinski definition) is 1. The number of hydrogen-bond acceptors (Lipinski definition) is 5. The minimum atomic E-state index is -0.595. The van der Waals surface area contributed by atoms with Crippen LogP contribution in [0, 0.1) is 5.92 Å². The topological polar surface area (TPSA) is 65.0 Å². The third-order valence-electron chi connectivity index (χ3n) is 5.29. The lowest BCUT2D eigenvalue weighted by Crippen LogP contribution is -2.40. The molecule has 0 aromatic carbocycles. The number of unbranched alkanes of at least 4 members (excludes halogenated alkanes) is 1. The molecule has 1 saturated carbocycles. The molecule has 0 amide bonds. The van der Waals surface area contributed by atoms with Gasteiger partial charge in [0.1, 0.15) is 6.10 Å². The Bertz CT molecular complexity index is 391. The summed E-state index contributed by atoms with van der Waals surface area (Å²) in [6, 6.07) is 0. The summed E-state index contributed by atoms with van der Waals surface area (Å²) in [4.78, 5) is 11.7. The minimum Gasteiger partial charge on any atom is -0.459 e. The zero-order chi connectivity index (χ0) is 15.6. The van der Waals surface area contributed by atoms with E-state index in [0.29, 0.717) is 19.4 Å². The number of carbonyl (C=O) groups excluding carboxylic acids is 1. The van der Waals surface area contributed by atoms with Crippen LogP contribution in [0.5, 0.6) is 0 Å². The predicted octanol–water partition coefficient (Wildman–Crippen LogP) is 2.55. The van der Waals surface area contributed by atoms with Crippen molar-refractivity contribution in [3.05, 3.63) is 0 Å². The predicted molar refractivity (Wildman–Crippen MR) is 80.2 cm³/mol. The largest absolute Gasteiger partial charge is 0.459 e. The van der Waals surface area contributed by atoms with Crippen LogP contribution < -0.4 is 0 Å². The second-order valence-electron chi connectivity index (χ2n) is 6.97. The van der Waals surface area contributed by atoms with Gasteiger partial charge >= 0.3 is 5.97 Å². The lowest BCUT2D eigenvalue weighted by atomic mass is 9.89. The van der Waals surface area contributed by atoms with Crippen molar-refractivity contribution in [3.8, 4) is 0 Å². The van der Waals surface area contributed by atoms with Crippen LogP contribution in [0.25, 0.3) is 0 Å². The second-order valence-corrected chi connectivity index (χ2v) is 6.97. The molecule has 0 aromatic heterocycles. The quantitative estimate of drug-likeness (QED) is 0.790. The Morgan fingerprint density at radius 3 is 2.82 bits per heavy atom. The average molecular weight is 312 g/mol. The van der Waals surface area contributed by atoms with E-state index in [2.05, 4.69) is 6.92 Å². The van der Waals surface area contributed by atoms with Gasteiger partial charge in [-0.2, -0.15) is 0 Å². The molecule has 3 fully saturated rings. The summed E-state index contributed by atoms with van der Waals surface area (Å²) in [5.74, 6) is -0.743. The zero-order valence-corrected chi connectivity index (χ0v) is 13.5. The Balaban J connectivity index is 1.63. The van der Waals surface area contributed by atoms with Crippen molar-refractivity contribution >= 4 is 5.97 Å². The van der Waals surface area contributed by atoms with Crippen molar-refractivity contribution in [2.24, 2.45) is 5.92 Å². The van der Waals surface area contributed by atoms with E-state index >= 15 is 0 Å². The van der Waals surface area contributed by atoms with Gasteiger partial charge in [0.15, 0.2) is 5.79 Å². The summed E-state index contributed by atoms with van der Waals surface area (Å²) < 4.78 is 17.6. The molecule has 1 N–H and O–H groups in total. The van der Waals surface area contributed by atoms with Gasteiger partial charge in [-0.15, -0.1) is 0 Å². The minimum absolute atomic E-state index is 0.0827. The zero-order valence-electron chi connectivity index (χ0n) is 13.5. The van der Waals surface area contributed by atoms with E-state index in [1.165, 1.54) is 6.42 Å². The molecule has 0 unspecified atom stereocenters. The summed E-state index contributed by atoms with van der Waals surface area (Å²) in [7, 11) is 0. The lowest BCUT2D eigenvalue weighted by Gasteiger charge is -2.33. The van der Waals surface area contributed by atoms with Crippen molar-refractivity contribution in [2.45, 2.75) is 88.8 Å². The summed E-state index contributed by atoms with van der Waals surface area (Å²) in [6.07, 6.45) is 7.18. The number of carbonyl (C=O) groups is 1. The number of aliphatic hydroxyl groups is 1. The van der Waals surface area contributed by atoms with Crippen LogP contribution in [0.1, 0.15) is 64.7 Å². The molecule has 3 aliphatic rings. The fourth-order valence-corrected chi connectivity index (χ4v) is 4.02. The van der Waals surface area contributed by atoms with Gasteiger partial charge in [0.05, 0.1) is 25.2 Å². The van der Waals surface area contributed by atoms with Crippen molar-refractivity contribution in [1.82, 2.24) is 0 Å². The number of aliphatic hydroxyl groups excluding tert-OH is 1. The molecule has 1 aliphatic carbocycles. The summed E-state index contributed by atoms with van der Waals surface area (Å²) in [5, 5.41) is 10.4. The highest BCUT2D eigenvalue weighted by Gasteiger charge is 2.51. The van der Waals surface area contributed by atoms with Crippen LogP contribution in [0.2, 0.25) is 0 Å². The Labute approximate surface area is 132 Å². The van der Waals surface area contributed by atoms with Gasteiger partial charge in [-0.25, -0.2) is 0 Å². The van der Waals surface area contributed by atoms with E-state index in [0.717, 1.165) is 38.5 Å². The number of esters is 1. The lowest BCUT2D eigenvalue weighted by molar-refractivity contribution is -0.194. The molecular weight excluding hydrogens is 284 g/mol. The van der Waals surface area contributed by atoms with Gasteiger partial charge in [-0.1, -0.05) is 26.2 Å². The molecule has 1 spiro atoms. The van der Waals surface area contributed by atoms with Crippen molar-refractivity contribution in [1.29, 1.82) is 0 Å². The first-order valence-corrected chi connectivity index (χ1v) is 8.83. The maximum atomic E-state index is 11.7. The molecule has 5 heteroatoms.